The molecule has 1 unspecified atom stereocenters. The van der Waals surface area contributed by atoms with Gasteiger partial charge in [-0.2, -0.15) is 11.8 Å². The van der Waals surface area contributed by atoms with Crippen LogP contribution >= 0.6 is 11.8 Å². The third kappa shape index (κ3) is 4.00. The predicted molar refractivity (Wildman–Crippen MR) is 59.8 cm³/mol. The van der Waals surface area contributed by atoms with Crippen molar-refractivity contribution >= 4 is 27.6 Å². The van der Waals surface area contributed by atoms with Crippen molar-refractivity contribution in [2.24, 2.45) is 0 Å². The third-order valence-electron chi connectivity index (χ3n) is 2.30. The molecule has 1 N–H and O–H groups in total. The van der Waals surface area contributed by atoms with E-state index in [1.165, 1.54) is 6.26 Å². The van der Waals surface area contributed by atoms with Crippen LogP contribution in [-0.2, 0) is 14.6 Å². The van der Waals surface area contributed by atoms with Crippen LogP contribution < -0.4 is 0 Å². The van der Waals surface area contributed by atoms with Crippen LogP contribution in [-0.4, -0.2) is 60.6 Å². The summed E-state index contributed by atoms with van der Waals surface area (Å²) in [4.78, 5) is 12.2. The van der Waals surface area contributed by atoms with Gasteiger partial charge in [0.1, 0.15) is 5.37 Å². The second-order valence-corrected chi connectivity index (χ2v) is 6.89. The number of thioether (sulfide) groups is 1. The number of nitrogens with zero attached hydrogens (tertiary/aromatic N) is 1. The minimum absolute atomic E-state index is 0.00329. The minimum Gasteiger partial charge on any atom is -0.481 e. The number of hydrogen-bond donors (Lipinski definition) is 1. The molecule has 1 fully saturated rings. The van der Waals surface area contributed by atoms with E-state index >= 15 is 0 Å². The van der Waals surface area contributed by atoms with Gasteiger partial charge in [0.15, 0.2) is 9.84 Å². The van der Waals surface area contributed by atoms with Crippen molar-refractivity contribution in [2.45, 2.75) is 11.8 Å². The molecule has 0 aliphatic carbocycles. The van der Waals surface area contributed by atoms with Crippen molar-refractivity contribution in [1.29, 1.82) is 0 Å². The van der Waals surface area contributed by atoms with Gasteiger partial charge in [0.05, 0.1) is 6.42 Å². The van der Waals surface area contributed by atoms with E-state index in [1.54, 1.807) is 16.7 Å². The monoisotopic (exact) mass is 253 g/mol. The van der Waals surface area contributed by atoms with Crippen LogP contribution in [0.4, 0.5) is 0 Å². The highest BCUT2D eigenvalue weighted by Gasteiger charge is 2.30. The van der Waals surface area contributed by atoms with Gasteiger partial charge in [-0.25, -0.2) is 8.42 Å². The van der Waals surface area contributed by atoms with E-state index in [0.717, 1.165) is 5.75 Å². The van der Waals surface area contributed by atoms with Crippen molar-refractivity contribution < 1.29 is 18.3 Å². The zero-order valence-electron chi connectivity index (χ0n) is 8.55. The summed E-state index contributed by atoms with van der Waals surface area (Å²) in [6.07, 6.45) is 1.20. The molecule has 1 saturated heterocycles. The highest BCUT2D eigenvalue weighted by molar-refractivity contribution is 8.00. The van der Waals surface area contributed by atoms with Crippen LogP contribution in [0, 0.1) is 0 Å². The van der Waals surface area contributed by atoms with Crippen molar-refractivity contribution in [2.75, 3.05) is 30.9 Å². The van der Waals surface area contributed by atoms with Gasteiger partial charge in [-0.15, -0.1) is 0 Å². The summed E-state index contributed by atoms with van der Waals surface area (Å²) in [6, 6.07) is 0. The Hall–Kier alpha value is -0.270. The standard InChI is InChI=1S/C8H15NO4S2/c1-15(12,13)7-6-14-5-4-9(7)3-2-8(10)11/h7H,2-6H2,1H3,(H,10,11). The van der Waals surface area contributed by atoms with Crippen molar-refractivity contribution in [3.8, 4) is 0 Å². The Morgan fingerprint density at radius 2 is 2.27 bits per heavy atom. The lowest BCUT2D eigenvalue weighted by atomic mass is 10.4. The van der Waals surface area contributed by atoms with E-state index in [1.807, 2.05) is 0 Å². The van der Waals surface area contributed by atoms with Gasteiger partial charge in [-0.05, 0) is 0 Å². The fourth-order valence-corrected chi connectivity index (χ4v) is 4.48. The van der Waals surface area contributed by atoms with E-state index in [0.29, 0.717) is 18.8 Å². The van der Waals surface area contributed by atoms with Gasteiger partial charge in [0.25, 0.3) is 0 Å². The number of aliphatic carboxylic acids is 1. The fraction of sp³-hybridized carbons (Fsp3) is 0.875. The van der Waals surface area contributed by atoms with Gasteiger partial charge in [-0.3, -0.25) is 9.69 Å². The SMILES string of the molecule is CS(=O)(=O)C1CSCCN1CCC(=O)O. The number of carboxylic acid groups (broad SMARTS) is 1. The highest BCUT2D eigenvalue weighted by Crippen LogP contribution is 2.20. The molecule has 0 radical (unpaired) electrons. The van der Waals surface area contributed by atoms with Gasteiger partial charge in [0.2, 0.25) is 0 Å². The van der Waals surface area contributed by atoms with Crippen LogP contribution in [0.1, 0.15) is 6.42 Å². The molecule has 0 saturated carbocycles. The van der Waals surface area contributed by atoms with Gasteiger partial charge >= 0.3 is 5.97 Å². The molecule has 1 heterocycles. The van der Waals surface area contributed by atoms with Gasteiger partial charge in [-0.1, -0.05) is 0 Å². The van der Waals surface area contributed by atoms with Crippen LogP contribution in [0.2, 0.25) is 0 Å². The molecule has 5 nitrogen and oxygen atoms in total. The number of carboxylic acids is 1. The first-order valence-electron chi connectivity index (χ1n) is 4.63. The molecule has 0 spiro atoms. The first-order valence-corrected chi connectivity index (χ1v) is 7.74. The van der Waals surface area contributed by atoms with Crippen LogP contribution in [0.5, 0.6) is 0 Å². The molecule has 1 rings (SSSR count). The largest absolute Gasteiger partial charge is 0.481 e. The van der Waals surface area contributed by atoms with E-state index < -0.39 is 21.2 Å². The molecule has 0 aromatic carbocycles. The Labute approximate surface area is 93.8 Å². The summed E-state index contributed by atoms with van der Waals surface area (Å²) in [5, 5.41) is 8.03. The predicted octanol–water partition coefficient (Wildman–Crippen LogP) is -0.119. The van der Waals surface area contributed by atoms with Crippen molar-refractivity contribution in [3.63, 3.8) is 0 Å². The second kappa shape index (κ2) is 5.18. The lowest BCUT2D eigenvalue weighted by Gasteiger charge is -2.33. The Morgan fingerprint density at radius 1 is 1.60 bits per heavy atom. The average Bonchev–Trinajstić information content (AvgIpc) is 2.13. The fourth-order valence-electron chi connectivity index (χ4n) is 1.50. The lowest BCUT2D eigenvalue weighted by Crippen LogP contribution is -2.47. The molecule has 1 aliphatic rings. The smallest absolute Gasteiger partial charge is 0.304 e. The molecular formula is C8H15NO4S2. The molecule has 0 bridgehead atoms. The minimum atomic E-state index is -3.11. The van der Waals surface area contributed by atoms with Crippen molar-refractivity contribution in [1.82, 2.24) is 4.90 Å². The molecule has 0 aromatic rings. The zero-order chi connectivity index (χ0) is 11.5. The zero-order valence-corrected chi connectivity index (χ0v) is 10.2. The topological polar surface area (TPSA) is 74.7 Å². The van der Waals surface area contributed by atoms with Crippen molar-refractivity contribution in [3.05, 3.63) is 0 Å². The Bertz CT molecular complexity index is 328. The maximum Gasteiger partial charge on any atom is 0.304 e. The normalized spacial score (nSPS) is 23.9. The molecular weight excluding hydrogens is 238 g/mol. The second-order valence-electron chi connectivity index (χ2n) is 3.54. The molecule has 7 heteroatoms. The molecule has 1 aliphatic heterocycles. The van der Waals surface area contributed by atoms with Crippen LogP contribution in [0.3, 0.4) is 0 Å². The van der Waals surface area contributed by atoms with Gasteiger partial charge in [0, 0.05) is 30.9 Å². The Morgan fingerprint density at radius 3 is 2.80 bits per heavy atom. The first kappa shape index (κ1) is 12.8. The first-order chi connectivity index (χ1) is 6.91. The Kier molecular flexibility index (Phi) is 4.42. The van der Waals surface area contributed by atoms with E-state index in [9.17, 15) is 13.2 Å². The average molecular weight is 253 g/mol. The van der Waals surface area contributed by atoms with Crippen LogP contribution in [0.15, 0.2) is 0 Å². The highest BCUT2D eigenvalue weighted by atomic mass is 32.2. The lowest BCUT2D eigenvalue weighted by molar-refractivity contribution is -0.137. The molecule has 15 heavy (non-hydrogen) atoms. The summed E-state index contributed by atoms with van der Waals surface area (Å²) in [5.41, 5.74) is 0. The number of sulfone groups is 1. The summed E-state index contributed by atoms with van der Waals surface area (Å²) in [7, 11) is -3.11. The molecule has 0 aromatic heterocycles. The number of carbonyl (C=O) groups is 1. The third-order valence-corrected chi connectivity index (χ3v) is 4.98. The quantitative estimate of drug-likeness (QED) is 0.753. The van der Waals surface area contributed by atoms with E-state index in [-0.39, 0.29) is 6.42 Å². The number of hydrogen-bond acceptors (Lipinski definition) is 5. The summed E-state index contributed by atoms with van der Waals surface area (Å²) in [6.45, 7) is 0.962. The molecule has 88 valence electrons. The Balaban J connectivity index is 2.62. The molecule has 1 atom stereocenters. The van der Waals surface area contributed by atoms with Gasteiger partial charge < -0.3 is 5.11 Å². The summed E-state index contributed by atoms with van der Waals surface area (Å²) >= 11 is 1.60. The molecule has 0 amide bonds. The maximum atomic E-state index is 11.4. The maximum absolute atomic E-state index is 11.4. The summed E-state index contributed by atoms with van der Waals surface area (Å²) in [5.74, 6) is 0.518. The number of rotatable bonds is 4. The van der Waals surface area contributed by atoms with E-state index in [2.05, 4.69) is 0 Å². The summed E-state index contributed by atoms with van der Waals surface area (Å²) < 4.78 is 22.9. The van der Waals surface area contributed by atoms with Crippen LogP contribution in [0.25, 0.3) is 0 Å². The van der Waals surface area contributed by atoms with E-state index in [4.69, 9.17) is 5.11 Å².